The Morgan fingerprint density at radius 1 is 1.00 bits per heavy atom. The van der Waals surface area contributed by atoms with Gasteiger partial charge in [0.2, 0.25) is 0 Å². The zero-order valence-corrected chi connectivity index (χ0v) is 19.8. The Labute approximate surface area is 187 Å². The molecule has 0 fully saturated rings. The number of anilines is 2. The number of nitrogens with one attached hydrogen (secondary N) is 1. The van der Waals surface area contributed by atoms with Gasteiger partial charge in [0, 0.05) is 26.4 Å². The minimum Gasteiger partial charge on any atom is -0.355 e. The molecule has 2 aromatic carbocycles. The maximum absolute atomic E-state index is 11.5. The van der Waals surface area contributed by atoms with Gasteiger partial charge in [-0.1, -0.05) is 50.4 Å². The molecule has 1 heterocycles. The van der Waals surface area contributed by atoms with Crippen molar-refractivity contribution in [2.45, 2.75) is 33.7 Å². The molecule has 0 saturated carbocycles. The molecule has 0 aliphatic carbocycles. The molecule has 146 valence electrons. The lowest BCUT2D eigenvalue weighted by molar-refractivity contribution is 0.885. The summed E-state index contributed by atoms with van der Waals surface area (Å²) < 4.78 is 1.13. The summed E-state index contributed by atoms with van der Waals surface area (Å²) in [6.07, 6.45) is 0. The zero-order valence-electron chi connectivity index (χ0n) is 15.9. The average molecular weight is 498 g/mol. The van der Waals surface area contributed by atoms with Gasteiger partial charge in [0.25, 0.3) is 0 Å². The first-order valence-electron chi connectivity index (χ1n) is 8.63. The minimum atomic E-state index is -0.713. The number of hydrogen-bond acceptors (Lipinski definition) is 4. The van der Waals surface area contributed by atoms with Crippen LogP contribution >= 0.6 is 50.5 Å². The molecule has 0 bridgehead atoms. The van der Waals surface area contributed by atoms with E-state index in [0.29, 0.717) is 20.5 Å². The van der Waals surface area contributed by atoms with E-state index >= 15 is 0 Å². The molecule has 0 spiro atoms. The maximum Gasteiger partial charge on any atom is 0.154 e. The van der Waals surface area contributed by atoms with E-state index in [0.717, 1.165) is 15.8 Å². The van der Waals surface area contributed by atoms with E-state index in [9.17, 15) is 4.91 Å². The van der Waals surface area contributed by atoms with E-state index in [1.165, 1.54) is 33.6 Å². The normalized spacial score (nSPS) is 12.1. The van der Waals surface area contributed by atoms with Gasteiger partial charge in [0.1, 0.15) is 0 Å². The Morgan fingerprint density at radius 2 is 1.64 bits per heavy atom. The summed E-state index contributed by atoms with van der Waals surface area (Å²) in [5.74, 6) is 0. The number of halogens is 3. The van der Waals surface area contributed by atoms with Gasteiger partial charge in [-0.05, 0) is 73.5 Å². The molecule has 1 atom stereocenters. The first-order valence-corrected chi connectivity index (χ1v) is 11.1. The van der Waals surface area contributed by atoms with E-state index < -0.39 is 6.04 Å². The summed E-state index contributed by atoms with van der Waals surface area (Å²) >= 11 is 17.8. The van der Waals surface area contributed by atoms with Gasteiger partial charge in [-0.2, -0.15) is 0 Å². The van der Waals surface area contributed by atoms with E-state index in [-0.39, 0.29) is 0 Å². The summed E-state index contributed by atoms with van der Waals surface area (Å²) in [6.45, 7) is 8.38. The highest BCUT2D eigenvalue weighted by atomic mass is 79.9. The molecule has 0 radical (unpaired) electrons. The van der Waals surface area contributed by atoms with E-state index in [1.807, 2.05) is 23.6 Å². The molecular formula is C21H19BrCl2N2OS. The molecule has 28 heavy (non-hydrogen) atoms. The lowest BCUT2D eigenvalue weighted by Gasteiger charge is -2.20. The Kier molecular flexibility index (Phi) is 6.50. The van der Waals surface area contributed by atoms with Gasteiger partial charge in [0.15, 0.2) is 6.04 Å². The molecule has 3 rings (SSSR count). The second-order valence-corrected chi connectivity index (χ2v) is 9.25. The van der Waals surface area contributed by atoms with Gasteiger partial charge in [-0.15, -0.1) is 16.2 Å². The predicted octanol–water partition coefficient (Wildman–Crippen LogP) is 8.65. The average Bonchev–Trinajstić information content (AvgIpc) is 3.10. The van der Waals surface area contributed by atoms with Crippen molar-refractivity contribution in [3.8, 4) is 0 Å². The fourth-order valence-corrected chi connectivity index (χ4v) is 5.26. The molecule has 1 unspecified atom stereocenters. The number of hydrogen-bond donors (Lipinski definition) is 1. The third-order valence-electron chi connectivity index (χ3n) is 5.10. The second-order valence-electron chi connectivity index (χ2n) is 6.69. The number of nitrogens with zero attached hydrogens (tertiary/aromatic N) is 1. The van der Waals surface area contributed by atoms with Crippen molar-refractivity contribution in [1.82, 2.24) is 0 Å². The zero-order chi connectivity index (χ0) is 20.6. The fraction of sp³-hybridized carbons (Fsp3) is 0.238. The Hall–Kier alpha value is -1.40. The van der Waals surface area contributed by atoms with Crippen molar-refractivity contribution in [1.29, 1.82) is 0 Å². The van der Waals surface area contributed by atoms with Crippen LogP contribution in [0.15, 0.2) is 39.3 Å². The van der Waals surface area contributed by atoms with Crippen LogP contribution in [-0.4, -0.2) is 0 Å². The van der Waals surface area contributed by atoms with Gasteiger partial charge in [-0.25, -0.2) is 0 Å². The van der Waals surface area contributed by atoms with Gasteiger partial charge in [0.05, 0.1) is 9.90 Å². The van der Waals surface area contributed by atoms with Crippen molar-refractivity contribution in [3.63, 3.8) is 0 Å². The highest BCUT2D eigenvalue weighted by molar-refractivity contribution is 9.10. The van der Waals surface area contributed by atoms with Crippen molar-refractivity contribution < 1.29 is 0 Å². The lowest BCUT2D eigenvalue weighted by atomic mass is 9.98. The summed E-state index contributed by atoms with van der Waals surface area (Å²) in [4.78, 5) is 12.2. The van der Waals surface area contributed by atoms with Crippen LogP contribution in [0, 0.1) is 32.6 Å². The molecular weight excluding hydrogens is 479 g/mol. The predicted molar refractivity (Wildman–Crippen MR) is 125 cm³/mol. The Balaban J connectivity index is 1.98. The monoisotopic (exact) mass is 496 g/mol. The SMILES string of the molecule is Cc1c(C)c(Nc2ccc(C(N=O)c3sccc3Cl)c(Cl)c2)c(C)c(C)c1Br. The molecule has 7 heteroatoms. The smallest absolute Gasteiger partial charge is 0.154 e. The van der Waals surface area contributed by atoms with Crippen molar-refractivity contribution in [2.75, 3.05) is 5.32 Å². The van der Waals surface area contributed by atoms with Gasteiger partial charge < -0.3 is 5.32 Å². The van der Waals surface area contributed by atoms with E-state index in [2.05, 4.69) is 54.1 Å². The first kappa shape index (κ1) is 21.3. The van der Waals surface area contributed by atoms with Crippen LogP contribution in [0.25, 0.3) is 0 Å². The summed E-state index contributed by atoms with van der Waals surface area (Å²) in [6, 6.07) is 6.60. The molecule has 0 saturated heterocycles. The molecule has 1 aromatic heterocycles. The Morgan fingerprint density at radius 3 is 2.14 bits per heavy atom. The summed E-state index contributed by atoms with van der Waals surface area (Å²) in [5, 5.41) is 9.58. The first-order chi connectivity index (χ1) is 13.3. The lowest BCUT2D eigenvalue weighted by Crippen LogP contribution is -2.03. The van der Waals surface area contributed by atoms with E-state index in [1.54, 1.807) is 6.07 Å². The van der Waals surface area contributed by atoms with Crippen LogP contribution in [0.4, 0.5) is 11.4 Å². The third kappa shape index (κ3) is 3.86. The highest BCUT2D eigenvalue weighted by Gasteiger charge is 2.22. The van der Waals surface area contributed by atoms with Gasteiger partial charge >= 0.3 is 0 Å². The van der Waals surface area contributed by atoms with E-state index in [4.69, 9.17) is 23.2 Å². The Bertz CT molecular complexity index is 1040. The van der Waals surface area contributed by atoms with Crippen LogP contribution in [0.3, 0.4) is 0 Å². The molecule has 0 aliphatic rings. The van der Waals surface area contributed by atoms with Gasteiger partial charge in [-0.3, -0.25) is 0 Å². The molecule has 3 nitrogen and oxygen atoms in total. The topological polar surface area (TPSA) is 41.5 Å². The molecule has 1 N–H and O–H groups in total. The number of rotatable bonds is 5. The highest BCUT2D eigenvalue weighted by Crippen LogP contribution is 2.40. The van der Waals surface area contributed by atoms with Crippen LogP contribution in [0.2, 0.25) is 10.0 Å². The summed E-state index contributed by atoms with van der Waals surface area (Å²) in [5.41, 5.74) is 7.30. The van der Waals surface area contributed by atoms with Crippen LogP contribution < -0.4 is 5.32 Å². The number of thiophene rings is 1. The minimum absolute atomic E-state index is 0.472. The third-order valence-corrected chi connectivity index (χ3v) is 8.02. The molecule has 3 aromatic rings. The standard InChI is InChI=1S/C21H19BrCl2N2OS/c1-10-12(3)19(13(4)11(2)18(10)22)25-14-5-6-15(17(24)9-14)20(26-27)21-16(23)7-8-28-21/h5-9,20,25H,1-4H3. The maximum atomic E-state index is 11.5. The number of nitroso groups, excluding NO2 is 1. The molecule has 0 aliphatic heterocycles. The van der Waals surface area contributed by atoms with Crippen molar-refractivity contribution in [3.05, 3.63) is 81.8 Å². The number of benzene rings is 2. The van der Waals surface area contributed by atoms with Crippen molar-refractivity contribution >= 4 is 61.8 Å². The quantitative estimate of drug-likeness (QED) is 0.358. The molecule has 0 amide bonds. The van der Waals surface area contributed by atoms with Crippen LogP contribution in [0.5, 0.6) is 0 Å². The second kappa shape index (κ2) is 8.54. The van der Waals surface area contributed by atoms with Crippen LogP contribution in [-0.2, 0) is 0 Å². The van der Waals surface area contributed by atoms with Crippen LogP contribution in [0.1, 0.15) is 38.7 Å². The largest absolute Gasteiger partial charge is 0.355 e. The fourth-order valence-electron chi connectivity index (χ4n) is 3.17. The summed E-state index contributed by atoms with van der Waals surface area (Å²) in [7, 11) is 0. The van der Waals surface area contributed by atoms with Crippen molar-refractivity contribution in [2.24, 2.45) is 5.18 Å².